The lowest BCUT2D eigenvalue weighted by Crippen LogP contribution is -2.11. The molecular weight excluding hydrogens is 374 g/mol. The second-order valence-electron chi connectivity index (χ2n) is 3.57. The van der Waals surface area contributed by atoms with Gasteiger partial charge in [-0.15, -0.1) is 0 Å². The third-order valence-corrected chi connectivity index (χ3v) is 3.62. The van der Waals surface area contributed by atoms with Gasteiger partial charge in [0.25, 0.3) is 0 Å². The minimum absolute atomic E-state index is 0.00506. The van der Waals surface area contributed by atoms with Crippen LogP contribution in [0.1, 0.15) is 11.1 Å². The van der Waals surface area contributed by atoms with Crippen molar-refractivity contribution < 1.29 is 30.6 Å². The van der Waals surface area contributed by atoms with Gasteiger partial charge in [-0.05, 0) is 18.2 Å². The first-order valence-corrected chi connectivity index (χ1v) is 7.32. The van der Waals surface area contributed by atoms with Crippen LogP contribution in [0.15, 0.2) is 34.6 Å². The first-order valence-electron chi connectivity index (χ1n) is 4.98. The molecule has 0 spiro atoms. The van der Waals surface area contributed by atoms with Gasteiger partial charge in [0, 0.05) is 15.6 Å². The van der Waals surface area contributed by atoms with Crippen LogP contribution in [0.3, 0.4) is 0 Å². The van der Waals surface area contributed by atoms with E-state index < -0.39 is 39.2 Å². The average Bonchev–Trinajstić information content (AvgIpc) is 2.33. The number of hydrogen-bond acceptors (Lipinski definition) is 1. The topological polar surface area (TPSA) is 17.1 Å². The molecule has 1 aromatic rings. The molecule has 0 saturated carbocycles. The summed E-state index contributed by atoms with van der Waals surface area (Å²) in [4.78, 5) is -0.552. The molecule has 0 amide bonds. The van der Waals surface area contributed by atoms with Crippen LogP contribution < -0.4 is 0 Å². The van der Waals surface area contributed by atoms with Gasteiger partial charge in [-0.25, -0.2) is 4.21 Å². The molecule has 1 aromatic carbocycles. The maximum Gasteiger partial charge on any atom is 0.416 e. The molecule has 0 saturated heterocycles. The molecule has 0 aliphatic heterocycles. The summed E-state index contributed by atoms with van der Waals surface area (Å²) in [7, 11) is -2.08. The van der Waals surface area contributed by atoms with Gasteiger partial charge in [0.2, 0.25) is 0 Å². The average molecular weight is 381 g/mol. The van der Waals surface area contributed by atoms with E-state index in [0.29, 0.717) is 12.1 Å². The van der Waals surface area contributed by atoms with Crippen molar-refractivity contribution in [2.45, 2.75) is 17.2 Å². The van der Waals surface area contributed by atoms with Crippen molar-refractivity contribution in [1.29, 1.82) is 0 Å². The summed E-state index contributed by atoms with van der Waals surface area (Å²) in [6.45, 7) is 0. The van der Waals surface area contributed by atoms with Crippen molar-refractivity contribution in [3.05, 3.63) is 40.8 Å². The molecule has 9 heteroatoms. The molecule has 0 N–H and O–H groups in total. The first kappa shape index (κ1) is 17.2. The molecule has 0 fully saturated rings. The Morgan fingerprint density at radius 1 is 1.00 bits per heavy atom. The standard InChI is InChI=1S/C11H7BrF6OS/c12-2-1-3-20(19)9-5-7(10(13,14)15)4-8(6-9)11(16,17)18/h1,3-6H,2H2/b3-1+. The van der Waals surface area contributed by atoms with Crippen LogP contribution in [0.5, 0.6) is 0 Å². The van der Waals surface area contributed by atoms with Gasteiger partial charge < -0.3 is 0 Å². The summed E-state index contributed by atoms with van der Waals surface area (Å²) in [6, 6.07) is 0.892. The highest BCUT2D eigenvalue weighted by Crippen LogP contribution is 2.37. The Balaban J connectivity index is 3.38. The Morgan fingerprint density at radius 3 is 1.80 bits per heavy atom. The molecular formula is C11H7BrF6OS. The first-order chi connectivity index (χ1) is 9.05. The molecule has 20 heavy (non-hydrogen) atoms. The van der Waals surface area contributed by atoms with Gasteiger partial charge in [-0.1, -0.05) is 22.0 Å². The summed E-state index contributed by atoms with van der Waals surface area (Å²) < 4.78 is 87.0. The predicted octanol–water partition coefficient (Wildman–Crippen LogP) is 4.74. The van der Waals surface area contributed by atoms with E-state index in [0.717, 1.165) is 5.41 Å². The van der Waals surface area contributed by atoms with Crippen LogP contribution in [0.4, 0.5) is 26.3 Å². The van der Waals surface area contributed by atoms with Gasteiger partial charge in [0.1, 0.15) is 0 Å². The van der Waals surface area contributed by atoms with Gasteiger partial charge in [0.05, 0.1) is 21.9 Å². The third-order valence-electron chi connectivity index (χ3n) is 2.10. The molecule has 0 bridgehead atoms. The third kappa shape index (κ3) is 4.62. The Labute approximate surface area is 121 Å². The molecule has 1 unspecified atom stereocenters. The molecule has 0 radical (unpaired) electrons. The van der Waals surface area contributed by atoms with Crippen molar-refractivity contribution in [3.8, 4) is 0 Å². The Bertz CT molecular complexity index is 502. The Kier molecular flexibility index (Phi) is 5.42. The van der Waals surface area contributed by atoms with Crippen LogP contribution in [-0.2, 0) is 23.2 Å². The van der Waals surface area contributed by atoms with Crippen LogP contribution in [0.25, 0.3) is 0 Å². The van der Waals surface area contributed by atoms with Crippen molar-refractivity contribution in [2.75, 3.05) is 5.33 Å². The van der Waals surface area contributed by atoms with E-state index in [4.69, 9.17) is 0 Å². The Hall–Kier alpha value is -0.830. The van der Waals surface area contributed by atoms with E-state index in [1.165, 1.54) is 6.08 Å². The van der Waals surface area contributed by atoms with Crippen molar-refractivity contribution in [1.82, 2.24) is 0 Å². The maximum atomic E-state index is 12.6. The van der Waals surface area contributed by atoms with E-state index in [9.17, 15) is 30.6 Å². The number of alkyl halides is 7. The van der Waals surface area contributed by atoms with E-state index in [-0.39, 0.29) is 11.4 Å². The summed E-state index contributed by atoms with van der Waals surface area (Å²) in [5.74, 6) is 0. The second kappa shape index (κ2) is 6.30. The Morgan fingerprint density at radius 2 is 1.45 bits per heavy atom. The van der Waals surface area contributed by atoms with Crippen LogP contribution >= 0.6 is 15.9 Å². The lowest BCUT2D eigenvalue weighted by Gasteiger charge is -2.13. The second-order valence-corrected chi connectivity index (χ2v) is 5.55. The SMILES string of the molecule is O=S(/C=C/CBr)c1cc(C(F)(F)F)cc(C(F)(F)F)c1. The summed E-state index contributed by atoms with van der Waals surface area (Å²) >= 11 is 2.96. The normalized spacial score (nSPS) is 14.8. The molecule has 112 valence electrons. The highest BCUT2D eigenvalue weighted by molar-refractivity contribution is 9.09. The molecule has 0 aliphatic carbocycles. The fourth-order valence-electron chi connectivity index (χ4n) is 1.24. The number of allylic oxidation sites excluding steroid dienone is 1. The summed E-state index contributed by atoms with van der Waals surface area (Å²) in [5.41, 5.74) is -2.97. The molecule has 1 rings (SSSR count). The number of rotatable bonds is 3. The summed E-state index contributed by atoms with van der Waals surface area (Å²) in [5, 5.41) is 1.30. The number of benzene rings is 1. The predicted molar refractivity (Wildman–Crippen MR) is 65.8 cm³/mol. The van der Waals surface area contributed by atoms with Crippen LogP contribution in [0, 0.1) is 0 Å². The monoisotopic (exact) mass is 380 g/mol. The largest absolute Gasteiger partial charge is 0.416 e. The number of halogens is 7. The zero-order valence-electron chi connectivity index (χ0n) is 9.56. The van der Waals surface area contributed by atoms with E-state index in [1.54, 1.807) is 0 Å². The molecule has 0 aliphatic rings. The number of hydrogen-bond donors (Lipinski definition) is 0. The molecule has 0 heterocycles. The van der Waals surface area contributed by atoms with Crippen molar-refractivity contribution >= 4 is 26.7 Å². The van der Waals surface area contributed by atoms with Crippen molar-refractivity contribution in [2.24, 2.45) is 0 Å². The maximum absolute atomic E-state index is 12.6. The molecule has 1 atom stereocenters. The van der Waals surface area contributed by atoms with Crippen LogP contribution in [0.2, 0.25) is 0 Å². The minimum atomic E-state index is -4.95. The van der Waals surface area contributed by atoms with E-state index in [1.807, 2.05) is 0 Å². The quantitative estimate of drug-likeness (QED) is 0.546. The minimum Gasteiger partial charge on any atom is -0.250 e. The van der Waals surface area contributed by atoms with Gasteiger partial charge >= 0.3 is 12.4 Å². The fourth-order valence-corrected chi connectivity index (χ4v) is 2.59. The highest BCUT2D eigenvalue weighted by atomic mass is 79.9. The van der Waals surface area contributed by atoms with E-state index >= 15 is 0 Å². The van der Waals surface area contributed by atoms with E-state index in [2.05, 4.69) is 15.9 Å². The van der Waals surface area contributed by atoms with Gasteiger partial charge in [-0.3, -0.25) is 0 Å². The van der Waals surface area contributed by atoms with Gasteiger partial charge in [0.15, 0.2) is 0 Å². The zero-order valence-corrected chi connectivity index (χ0v) is 12.0. The molecule has 1 nitrogen and oxygen atoms in total. The zero-order chi connectivity index (χ0) is 15.6. The lowest BCUT2D eigenvalue weighted by molar-refractivity contribution is -0.143. The fraction of sp³-hybridized carbons (Fsp3) is 0.273. The smallest absolute Gasteiger partial charge is 0.250 e. The van der Waals surface area contributed by atoms with Gasteiger partial charge in [-0.2, -0.15) is 26.3 Å². The van der Waals surface area contributed by atoms with Crippen molar-refractivity contribution in [3.63, 3.8) is 0 Å². The highest BCUT2D eigenvalue weighted by Gasteiger charge is 2.37. The van der Waals surface area contributed by atoms with Crippen LogP contribution in [-0.4, -0.2) is 9.54 Å². The molecule has 0 aromatic heterocycles. The summed E-state index contributed by atoms with van der Waals surface area (Å²) in [6.07, 6.45) is -8.57. The lowest BCUT2D eigenvalue weighted by atomic mass is 10.1.